The molecule has 1 N–H and O–H groups in total. The summed E-state index contributed by atoms with van der Waals surface area (Å²) in [5.41, 5.74) is 1.07. The zero-order valence-electron chi connectivity index (χ0n) is 14.4. The molecule has 6 nitrogen and oxygen atoms in total. The standard InChI is InChI=1S/C17H18BrN5OS2/c1-3-6-23-16(12-7-11(2)25-9-12)21-22-17(23)26-10-15(24)20-14-5-4-13(18)8-19-14/h4-5,7-9H,3,6,10H2,1-2H3,(H,19,20,24). The zero-order valence-corrected chi connectivity index (χ0v) is 17.6. The van der Waals surface area contributed by atoms with Gasteiger partial charge in [-0.25, -0.2) is 4.98 Å². The molecule has 3 aromatic heterocycles. The van der Waals surface area contributed by atoms with Gasteiger partial charge in [-0.05, 0) is 47.5 Å². The Kier molecular flexibility index (Phi) is 6.44. The highest BCUT2D eigenvalue weighted by molar-refractivity contribution is 9.10. The minimum absolute atomic E-state index is 0.121. The topological polar surface area (TPSA) is 72.7 Å². The van der Waals surface area contributed by atoms with E-state index in [-0.39, 0.29) is 11.7 Å². The third-order valence-corrected chi connectivity index (χ3v) is 5.78. The normalized spacial score (nSPS) is 10.9. The van der Waals surface area contributed by atoms with E-state index in [1.165, 1.54) is 16.6 Å². The monoisotopic (exact) mass is 451 g/mol. The molecule has 1 amide bonds. The maximum atomic E-state index is 12.2. The van der Waals surface area contributed by atoms with Crippen LogP contribution in [0.3, 0.4) is 0 Å². The molecule has 0 atom stereocenters. The van der Waals surface area contributed by atoms with Gasteiger partial charge in [0.05, 0.1) is 5.75 Å². The first-order valence-corrected chi connectivity index (χ1v) is 10.8. The molecule has 0 aromatic carbocycles. The fourth-order valence-electron chi connectivity index (χ4n) is 2.35. The van der Waals surface area contributed by atoms with Crippen LogP contribution < -0.4 is 5.32 Å². The summed E-state index contributed by atoms with van der Waals surface area (Å²) in [6.07, 6.45) is 2.62. The summed E-state index contributed by atoms with van der Waals surface area (Å²) in [5, 5.41) is 14.3. The van der Waals surface area contributed by atoms with Crippen molar-refractivity contribution in [1.29, 1.82) is 0 Å². The maximum absolute atomic E-state index is 12.2. The Bertz CT molecular complexity index is 891. The average Bonchev–Trinajstić information content (AvgIpc) is 3.22. The van der Waals surface area contributed by atoms with E-state index in [2.05, 4.69) is 66.3 Å². The third kappa shape index (κ3) is 4.72. The van der Waals surface area contributed by atoms with Crippen molar-refractivity contribution in [3.05, 3.63) is 39.1 Å². The van der Waals surface area contributed by atoms with E-state index in [1.807, 2.05) is 6.07 Å². The number of carbonyl (C=O) groups is 1. The van der Waals surface area contributed by atoms with Gasteiger partial charge in [0.15, 0.2) is 11.0 Å². The lowest BCUT2D eigenvalue weighted by atomic mass is 10.3. The molecule has 0 bridgehead atoms. The second-order valence-electron chi connectivity index (χ2n) is 5.60. The van der Waals surface area contributed by atoms with E-state index in [0.29, 0.717) is 5.82 Å². The lowest BCUT2D eigenvalue weighted by Crippen LogP contribution is -2.15. The number of pyridine rings is 1. The second kappa shape index (κ2) is 8.79. The number of halogens is 1. The number of hydrogen-bond donors (Lipinski definition) is 1. The summed E-state index contributed by atoms with van der Waals surface area (Å²) in [7, 11) is 0. The van der Waals surface area contributed by atoms with Crippen LogP contribution in [0.25, 0.3) is 11.4 Å². The van der Waals surface area contributed by atoms with Crippen LogP contribution in [0, 0.1) is 6.92 Å². The lowest BCUT2D eigenvalue weighted by Gasteiger charge is -2.08. The Morgan fingerprint density at radius 3 is 2.88 bits per heavy atom. The first-order valence-electron chi connectivity index (χ1n) is 8.09. The highest BCUT2D eigenvalue weighted by atomic mass is 79.9. The Balaban J connectivity index is 1.68. The van der Waals surface area contributed by atoms with Gasteiger partial charge in [0.2, 0.25) is 5.91 Å². The summed E-state index contributed by atoms with van der Waals surface area (Å²) in [5.74, 6) is 1.52. The van der Waals surface area contributed by atoms with E-state index in [1.54, 1.807) is 23.6 Å². The van der Waals surface area contributed by atoms with Crippen molar-refractivity contribution in [3.63, 3.8) is 0 Å². The first kappa shape index (κ1) is 19.1. The van der Waals surface area contributed by atoms with Crippen LogP contribution in [-0.4, -0.2) is 31.4 Å². The molecule has 0 saturated carbocycles. The predicted molar refractivity (Wildman–Crippen MR) is 110 cm³/mol. The molecule has 3 rings (SSSR count). The van der Waals surface area contributed by atoms with Crippen LogP contribution in [0.15, 0.2) is 39.4 Å². The van der Waals surface area contributed by atoms with E-state index >= 15 is 0 Å². The third-order valence-electron chi connectivity index (χ3n) is 3.48. The zero-order chi connectivity index (χ0) is 18.5. The molecule has 26 heavy (non-hydrogen) atoms. The van der Waals surface area contributed by atoms with E-state index in [0.717, 1.165) is 34.0 Å². The van der Waals surface area contributed by atoms with Crippen LogP contribution in [0.4, 0.5) is 5.82 Å². The number of thiophene rings is 1. The van der Waals surface area contributed by atoms with Crippen molar-refractivity contribution in [2.45, 2.75) is 32.0 Å². The van der Waals surface area contributed by atoms with Crippen molar-refractivity contribution >= 4 is 50.8 Å². The Morgan fingerprint density at radius 1 is 1.38 bits per heavy atom. The van der Waals surface area contributed by atoms with Gasteiger partial charge in [0.25, 0.3) is 0 Å². The number of carbonyl (C=O) groups excluding carboxylic acids is 1. The molecule has 0 aliphatic rings. The highest BCUT2D eigenvalue weighted by Gasteiger charge is 2.16. The van der Waals surface area contributed by atoms with Crippen LogP contribution in [0.5, 0.6) is 0 Å². The van der Waals surface area contributed by atoms with E-state index < -0.39 is 0 Å². The molecule has 0 unspecified atom stereocenters. The highest BCUT2D eigenvalue weighted by Crippen LogP contribution is 2.27. The number of anilines is 1. The fraction of sp³-hybridized carbons (Fsp3) is 0.294. The van der Waals surface area contributed by atoms with Crippen LogP contribution in [-0.2, 0) is 11.3 Å². The van der Waals surface area contributed by atoms with Crippen LogP contribution >= 0.6 is 39.0 Å². The number of aromatic nitrogens is 4. The molecule has 136 valence electrons. The van der Waals surface area contributed by atoms with Crippen molar-refractivity contribution in [3.8, 4) is 11.4 Å². The van der Waals surface area contributed by atoms with Gasteiger partial charge in [0.1, 0.15) is 5.82 Å². The van der Waals surface area contributed by atoms with E-state index in [9.17, 15) is 4.79 Å². The number of thioether (sulfide) groups is 1. The summed E-state index contributed by atoms with van der Waals surface area (Å²) in [6.45, 7) is 5.00. The molecule has 0 aliphatic carbocycles. The minimum atomic E-state index is -0.121. The molecule has 0 radical (unpaired) electrons. The van der Waals surface area contributed by atoms with E-state index in [4.69, 9.17) is 0 Å². The van der Waals surface area contributed by atoms with Crippen molar-refractivity contribution in [2.75, 3.05) is 11.1 Å². The number of nitrogens with zero attached hydrogens (tertiary/aromatic N) is 4. The van der Waals surface area contributed by atoms with Crippen LogP contribution in [0.1, 0.15) is 18.2 Å². The number of nitrogens with one attached hydrogen (secondary N) is 1. The largest absolute Gasteiger partial charge is 0.310 e. The van der Waals surface area contributed by atoms with Gasteiger partial charge in [-0.1, -0.05) is 18.7 Å². The summed E-state index contributed by atoms with van der Waals surface area (Å²) < 4.78 is 2.95. The maximum Gasteiger partial charge on any atom is 0.236 e. The quantitative estimate of drug-likeness (QED) is 0.530. The van der Waals surface area contributed by atoms with Crippen molar-refractivity contribution in [1.82, 2.24) is 19.7 Å². The van der Waals surface area contributed by atoms with Gasteiger partial charge in [-0.3, -0.25) is 4.79 Å². The van der Waals surface area contributed by atoms with Crippen LogP contribution in [0.2, 0.25) is 0 Å². The molecule has 0 saturated heterocycles. The number of amides is 1. The second-order valence-corrected chi connectivity index (χ2v) is 8.58. The minimum Gasteiger partial charge on any atom is -0.310 e. The average molecular weight is 452 g/mol. The predicted octanol–water partition coefficient (Wildman–Crippen LogP) is 4.61. The smallest absolute Gasteiger partial charge is 0.236 e. The Labute approximate surface area is 168 Å². The fourth-order valence-corrected chi connectivity index (χ4v) is 4.03. The van der Waals surface area contributed by atoms with Gasteiger partial charge < -0.3 is 9.88 Å². The molecular formula is C17H18BrN5OS2. The number of aryl methyl sites for hydroxylation is 1. The summed E-state index contributed by atoms with van der Waals surface area (Å²) >= 11 is 6.40. The van der Waals surface area contributed by atoms with Gasteiger partial charge in [0, 0.05) is 33.0 Å². The van der Waals surface area contributed by atoms with Gasteiger partial charge >= 0.3 is 0 Å². The molecule has 9 heteroatoms. The van der Waals surface area contributed by atoms with Crippen molar-refractivity contribution in [2.24, 2.45) is 0 Å². The molecule has 0 fully saturated rings. The molecular weight excluding hydrogens is 434 g/mol. The summed E-state index contributed by atoms with van der Waals surface area (Å²) in [4.78, 5) is 17.6. The van der Waals surface area contributed by atoms with Crippen molar-refractivity contribution < 1.29 is 4.79 Å². The molecule has 0 aliphatic heterocycles. The summed E-state index contributed by atoms with van der Waals surface area (Å²) in [6, 6.07) is 5.70. The Morgan fingerprint density at radius 2 is 2.23 bits per heavy atom. The van der Waals surface area contributed by atoms with Gasteiger partial charge in [-0.2, -0.15) is 0 Å². The number of rotatable bonds is 7. The molecule has 3 heterocycles. The lowest BCUT2D eigenvalue weighted by molar-refractivity contribution is -0.113. The molecule has 0 spiro atoms. The SMILES string of the molecule is CCCn1c(SCC(=O)Nc2ccc(Br)cn2)nnc1-c1csc(C)c1. The van der Waals surface area contributed by atoms with Gasteiger partial charge in [-0.15, -0.1) is 21.5 Å². The number of hydrogen-bond acceptors (Lipinski definition) is 6. The first-order chi connectivity index (χ1) is 12.6. The Hall–Kier alpha value is -1.71. The molecule has 3 aromatic rings.